The van der Waals surface area contributed by atoms with Crippen LogP contribution in [-0.4, -0.2) is 25.3 Å². The summed E-state index contributed by atoms with van der Waals surface area (Å²) in [5.74, 6) is 0. The van der Waals surface area contributed by atoms with E-state index in [1.54, 1.807) is 7.05 Å². The van der Waals surface area contributed by atoms with Gasteiger partial charge in [-0.25, -0.2) is 0 Å². The molecule has 3 nitrogen and oxygen atoms in total. The van der Waals surface area contributed by atoms with Crippen molar-refractivity contribution in [3.05, 3.63) is 29.3 Å². The third-order valence-corrected chi connectivity index (χ3v) is 2.53. The number of benzene rings is 1. The van der Waals surface area contributed by atoms with E-state index in [1.165, 1.54) is 12.1 Å². The van der Waals surface area contributed by atoms with Gasteiger partial charge in [-0.2, -0.15) is 18.2 Å². The quantitative estimate of drug-likeness (QED) is 0.480. The third kappa shape index (κ3) is 5.08. The van der Waals surface area contributed by atoms with Gasteiger partial charge in [0.2, 0.25) is 0 Å². The summed E-state index contributed by atoms with van der Waals surface area (Å²) in [6.07, 6.45) is -4.41. The van der Waals surface area contributed by atoms with Gasteiger partial charge in [0.1, 0.15) is 0 Å². The van der Waals surface area contributed by atoms with E-state index in [2.05, 4.69) is 33.0 Å². The average molecular weight is 289 g/mol. The SMILES string of the molecule is CNCCNCc1ccc(N=C=S)cc1C(F)(F)F. The van der Waals surface area contributed by atoms with Gasteiger partial charge < -0.3 is 10.6 Å². The van der Waals surface area contributed by atoms with Gasteiger partial charge in [-0.15, -0.1) is 0 Å². The molecule has 0 aromatic heterocycles. The first-order valence-electron chi connectivity index (χ1n) is 5.62. The molecule has 0 radical (unpaired) electrons. The van der Waals surface area contributed by atoms with Crippen LogP contribution in [0.4, 0.5) is 18.9 Å². The summed E-state index contributed by atoms with van der Waals surface area (Å²) in [7, 11) is 1.78. The molecular weight excluding hydrogens is 275 g/mol. The van der Waals surface area contributed by atoms with E-state index < -0.39 is 11.7 Å². The number of halogens is 3. The van der Waals surface area contributed by atoms with Crippen molar-refractivity contribution >= 4 is 23.1 Å². The van der Waals surface area contributed by atoms with Gasteiger partial charge in [-0.1, -0.05) is 6.07 Å². The van der Waals surface area contributed by atoms with E-state index in [0.717, 1.165) is 6.07 Å². The molecule has 104 valence electrons. The van der Waals surface area contributed by atoms with Crippen LogP contribution in [0.15, 0.2) is 23.2 Å². The van der Waals surface area contributed by atoms with Crippen LogP contribution in [0.3, 0.4) is 0 Å². The Labute approximate surface area is 114 Å². The molecule has 0 aliphatic rings. The summed E-state index contributed by atoms with van der Waals surface area (Å²) < 4.78 is 38.7. The number of alkyl halides is 3. The Balaban J connectivity index is 2.93. The first kappa shape index (κ1) is 15.8. The van der Waals surface area contributed by atoms with E-state index in [-0.39, 0.29) is 17.8 Å². The summed E-state index contributed by atoms with van der Waals surface area (Å²) >= 11 is 4.39. The van der Waals surface area contributed by atoms with Crippen molar-refractivity contribution in [2.45, 2.75) is 12.7 Å². The van der Waals surface area contributed by atoms with Gasteiger partial charge in [0.15, 0.2) is 0 Å². The van der Waals surface area contributed by atoms with Gasteiger partial charge in [-0.05, 0) is 37.0 Å². The van der Waals surface area contributed by atoms with E-state index in [4.69, 9.17) is 0 Å². The van der Waals surface area contributed by atoms with Crippen LogP contribution in [-0.2, 0) is 12.7 Å². The maximum absolute atomic E-state index is 12.9. The Kier molecular flexibility index (Phi) is 6.11. The monoisotopic (exact) mass is 289 g/mol. The summed E-state index contributed by atoms with van der Waals surface area (Å²) in [6.45, 7) is 1.43. The van der Waals surface area contributed by atoms with E-state index >= 15 is 0 Å². The summed E-state index contributed by atoms with van der Waals surface area (Å²) in [6, 6.07) is 3.87. The topological polar surface area (TPSA) is 36.4 Å². The van der Waals surface area contributed by atoms with E-state index in [1.807, 2.05) is 0 Å². The molecule has 1 aromatic rings. The van der Waals surface area contributed by atoms with E-state index in [9.17, 15) is 13.2 Å². The van der Waals surface area contributed by atoms with Gasteiger partial charge in [0, 0.05) is 19.6 Å². The van der Waals surface area contributed by atoms with Crippen LogP contribution in [0, 0.1) is 0 Å². The number of rotatable bonds is 6. The number of isothiocyanates is 1. The number of aliphatic imine (C=N–C) groups is 1. The highest BCUT2D eigenvalue weighted by molar-refractivity contribution is 7.78. The molecule has 2 N–H and O–H groups in total. The van der Waals surface area contributed by atoms with Crippen molar-refractivity contribution in [3.8, 4) is 0 Å². The molecule has 0 saturated heterocycles. The summed E-state index contributed by atoms with van der Waals surface area (Å²) in [5, 5.41) is 7.90. The number of nitrogens with zero attached hydrogens (tertiary/aromatic N) is 1. The second-order valence-corrected chi connectivity index (χ2v) is 4.01. The van der Waals surface area contributed by atoms with Crippen molar-refractivity contribution in [2.75, 3.05) is 20.1 Å². The first-order valence-corrected chi connectivity index (χ1v) is 6.03. The second kappa shape index (κ2) is 7.35. The molecule has 0 aliphatic carbocycles. The lowest BCUT2D eigenvalue weighted by atomic mass is 10.1. The lowest BCUT2D eigenvalue weighted by molar-refractivity contribution is -0.138. The highest BCUT2D eigenvalue weighted by Crippen LogP contribution is 2.34. The van der Waals surface area contributed by atoms with E-state index in [0.29, 0.717) is 13.1 Å². The zero-order chi connectivity index (χ0) is 14.3. The zero-order valence-electron chi connectivity index (χ0n) is 10.3. The Hall–Kier alpha value is -1.27. The molecule has 0 spiro atoms. The Morgan fingerprint density at radius 2 is 2.05 bits per heavy atom. The van der Waals surface area contributed by atoms with Crippen molar-refractivity contribution in [3.63, 3.8) is 0 Å². The average Bonchev–Trinajstić information content (AvgIpc) is 2.35. The van der Waals surface area contributed by atoms with Crippen molar-refractivity contribution in [1.29, 1.82) is 0 Å². The third-order valence-electron chi connectivity index (χ3n) is 2.44. The molecule has 1 aromatic carbocycles. The minimum atomic E-state index is -4.41. The number of thiocarbonyl (C=S) groups is 1. The fraction of sp³-hybridized carbons (Fsp3) is 0.417. The van der Waals surface area contributed by atoms with Crippen LogP contribution < -0.4 is 10.6 Å². The Morgan fingerprint density at radius 1 is 1.32 bits per heavy atom. The standard InChI is InChI=1S/C12H14F3N3S/c1-16-4-5-17-7-9-2-3-10(18-8-19)6-11(9)12(13,14)15/h2-3,6,16-17H,4-5,7H2,1H3. The highest BCUT2D eigenvalue weighted by Gasteiger charge is 2.33. The van der Waals surface area contributed by atoms with Crippen LogP contribution in [0.5, 0.6) is 0 Å². The van der Waals surface area contributed by atoms with Crippen LogP contribution >= 0.6 is 12.2 Å². The highest BCUT2D eigenvalue weighted by atomic mass is 32.1. The second-order valence-electron chi connectivity index (χ2n) is 3.82. The fourth-order valence-electron chi connectivity index (χ4n) is 1.54. The fourth-order valence-corrected chi connectivity index (χ4v) is 1.65. The molecule has 7 heteroatoms. The van der Waals surface area contributed by atoms with Crippen molar-refractivity contribution in [1.82, 2.24) is 10.6 Å². The summed E-state index contributed by atoms with van der Waals surface area (Å²) in [5.41, 5.74) is -0.357. The maximum atomic E-state index is 12.9. The summed E-state index contributed by atoms with van der Waals surface area (Å²) in [4.78, 5) is 3.57. The molecule has 0 amide bonds. The molecule has 0 atom stereocenters. The zero-order valence-corrected chi connectivity index (χ0v) is 11.2. The number of nitrogens with one attached hydrogen (secondary N) is 2. The molecule has 0 fully saturated rings. The molecule has 0 bridgehead atoms. The Morgan fingerprint density at radius 3 is 2.63 bits per heavy atom. The van der Waals surface area contributed by atoms with Crippen molar-refractivity contribution < 1.29 is 13.2 Å². The van der Waals surface area contributed by atoms with Crippen LogP contribution in [0.1, 0.15) is 11.1 Å². The Bertz CT molecular complexity index is 468. The van der Waals surface area contributed by atoms with Crippen molar-refractivity contribution in [2.24, 2.45) is 4.99 Å². The minimum absolute atomic E-state index is 0.151. The lowest BCUT2D eigenvalue weighted by Gasteiger charge is -2.14. The predicted molar refractivity (Wildman–Crippen MR) is 71.8 cm³/mol. The smallest absolute Gasteiger partial charge is 0.318 e. The molecule has 0 aliphatic heterocycles. The van der Waals surface area contributed by atoms with Gasteiger partial charge >= 0.3 is 6.18 Å². The normalized spacial score (nSPS) is 11.2. The molecule has 0 unspecified atom stereocenters. The minimum Gasteiger partial charge on any atom is -0.318 e. The maximum Gasteiger partial charge on any atom is 0.416 e. The van der Waals surface area contributed by atoms with Gasteiger partial charge in [0.25, 0.3) is 0 Å². The molecular formula is C12H14F3N3S. The first-order chi connectivity index (χ1) is 8.99. The van der Waals surface area contributed by atoms with Crippen LogP contribution in [0.2, 0.25) is 0 Å². The lowest BCUT2D eigenvalue weighted by Crippen LogP contribution is -2.25. The molecule has 0 saturated carbocycles. The largest absolute Gasteiger partial charge is 0.416 e. The molecule has 1 rings (SSSR count). The number of hydrogen-bond donors (Lipinski definition) is 2. The predicted octanol–water partition coefficient (Wildman–Crippen LogP) is 2.75. The van der Waals surface area contributed by atoms with Gasteiger partial charge in [0.05, 0.1) is 16.4 Å². The molecule has 19 heavy (non-hydrogen) atoms. The molecule has 0 heterocycles. The van der Waals surface area contributed by atoms with Gasteiger partial charge in [-0.3, -0.25) is 0 Å². The number of hydrogen-bond acceptors (Lipinski definition) is 4. The number of likely N-dealkylation sites (N-methyl/N-ethyl adjacent to an activating group) is 1. The van der Waals surface area contributed by atoms with Crippen LogP contribution in [0.25, 0.3) is 0 Å².